The van der Waals surface area contributed by atoms with Crippen LogP contribution in [-0.2, 0) is 14.2 Å². The zero-order chi connectivity index (χ0) is 12.5. The van der Waals surface area contributed by atoms with E-state index in [1.807, 2.05) is 0 Å². The first-order valence-electron chi connectivity index (χ1n) is 6.69. The Bertz CT molecular complexity index is 180. The third-order valence-corrected chi connectivity index (χ3v) is 2.99. The fourth-order valence-corrected chi connectivity index (χ4v) is 2.23. The molecular formula is C13H27NO3. The monoisotopic (exact) mass is 245 g/mol. The summed E-state index contributed by atoms with van der Waals surface area (Å²) in [4.78, 5) is 0. The smallest absolute Gasteiger partial charge is 0.0624 e. The van der Waals surface area contributed by atoms with Crippen LogP contribution in [-0.4, -0.2) is 51.7 Å². The summed E-state index contributed by atoms with van der Waals surface area (Å²) >= 11 is 0. The van der Waals surface area contributed by atoms with E-state index in [0.29, 0.717) is 18.3 Å². The molecule has 0 bridgehead atoms. The summed E-state index contributed by atoms with van der Waals surface area (Å²) in [5.74, 6) is 0. The van der Waals surface area contributed by atoms with Gasteiger partial charge in [0.1, 0.15) is 0 Å². The molecule has 1 heterocycles. The minimum Gasteiger partial charge on any atom is -0.383 e. The minimum atomic E-state index is 0.337. The molecule has 1 saturated heterocycles. The summed E-state index contributed by atoms with van der Waals surface area (Å²) in [7, 11) is 1.72. The second-order valence-corrected chi connectivity index (χ2v) is 4.82. The van der Waals surface area contributed by atoms with Crippen molar-refractivity contribution in [3.8, 4) is 0 Å². The number of ether oxygens (including phenoxy) is 3. The Balaban J connectivity index is 1.95. The second kappa shape index (κ2) is 8.86. The van der Waals surface area contributed by atoms with Crippen molar-refractivity contribution in [3.63, 3.8) is 0 Å². The lowest BCUT2D eigenvalue weighted by molar-refractivity contribution is -0.102. The zero-order valence-electron chi connectivity index (χ0n) is 11.4. The summed E-state index contributed by atoms with van der Waals surface area (Å²) in [6, 6.07) is 0. The van der Waals surface area contributed by atoms with E-state index in [0.717, 1.165) is 45.6 Å². The largest absolute Gasteiger partial charge is 0.383 e. The lowest BCUT2D eigenvalue weighted by Crippen LogP contribution is -2.34. The van der Waals surface area contributed by atoms with Crippen molar-refractivity contribution >= 4 is 0 Å². The normalized spacial score (nSPS) is 29.5. The van der Waals surface area contributed by atoms with Gasteiger partial charge in [0, 0.05) is 20.3 Å². The van der Waals surface area contributed by atoms with E-state index in [-0.39, 0.29) is 0 Å². The second-order valence-electron chi connectivity index (χ2n) is 4.82. The lowest BCUT2D eigenvalue weighted by atomic mass is 10.0. The Hall–Kier alpha value is -0.160. The van der Waals surface area contributed by atoms with Gasteiger partial charge in [-0.3, -0.25) is 0 Å². The van der Waals surface area contributed by atoms with Gasteiger partial charge in [0.2, 0.25) is 0 Å². The van der Waals surface area contributed by atoms with Gasteiger partial charge in [-0.05, 0) is 39.7 Å². The van der Waals surface area contributed by atoms with Gasteiger partial charge in [-0.15, -0.1) is 0 Å². The Labute approximate surface area is 105 Å². The maximum absolute atomic E-state index is 5.88. The molecule has 17 heavy (non-hydrogen) atoms. The molecular weight excluding hydrogens is 218 g/mol. The number of nitrogens with one attached hydrogen (secondary N) is 1. The van der Waals surface area contributed by atoms with Crippen LogP contribution >= 0.6 is 0 Å². The molecule has 0 aliphatic carbocycles. The highest BCUT2D eigenvalue weighted by Gasteiger charge is 2.24. The summed E-state index contributed by atoms with van der Waals surface area (Å²) in [6.45, 7) is 7.77. The summed E-state index contributed by atoms with van der Waals surface area (Å²) < 4.78 is 16.5. The molecule has 4 heteroatoms. The maximum Gasteiger partial charge on any atom is 0.0624 e. The highest BCUT2D eigenvalue weighted by molar-refractivity contribution is 4.73. The van der Waals surface area contributed by atoms with E-state index < -0.39 is 0 Å². The van der Waals surface area contributed by atoms with Crippen molar-refractivity contribution < 1.29 is 14.2 Å². The number of hydrogen-bond acceptors (Lipinski definition) is 4. The van der Waals surface area contributed by atoms with Crippen molar-refractivity contribution in [1.82, 2.24) is 5.32 Å². The summed E-state index contributed by atoms with van der Waals surface area (Å²) in [5, 5.41) is 3.31. The molecule has 0 spiro atoms. The van der Waals surface area contributed by atoms with Crippen LogP contribution in [0.15, 0.2) is 0 Å². The van der Waals surface area contributed by atoms with Crippen molar-refractivity contribution in [2.75, 3.05) is 33.4 Å². The first kappa shape index (κ1) is 14.9. The Morgan fingerprint density at radius 1 is 1.12 bits per heavy atom. The SMILES string of the molecule is COCCNCCCOC1CC(C)OC(C)C1. The number of rotatable bonds is 8. The Morgan fingerprint density at radius 3 is 2.47 bits per heavy atom. The van der Waals surface area contributed by atoms with Crippen LogP contribution in [0.5, 0.6) is 0 Å². The molecule has 1 rings (SSSR count). The van der Waals surface area contributed by atoms with Gasteiger partial charge in [-0.1, -0.05) is 0 Å². The van der Waals surface area contributed by atoms with Gasteiger partial charge in [-0.2, -0.15) is 0 Å². The van der Waals surface area contributed by atoms with Crippen LogP contribution < -0.4 is 5.32 Å². The number of methoxy groups -OCH3 is 1. The van der Waals surface area contributed by atoms with Crippen LogP contribution in [0, 0.1) is 0 Å². The highest BCUT2D eigenvalue weighted by atomic mass is 16.5. The summed E-state index contributed by atoms with van der Waals surface area (Å²) in [6.07, 6.45) is 4.17. The predicted molar refractivity (Wildman–Crippen MR) is 68.3 cm³/mol. The molecule has 0 radical (unpaired) electrons. The fraction of sp³-hybridized carbons (Fsp3) is 1.00. The van der Waals surface area contributed by atoms with Crippen molar-refractivity contribution in [2.45, 2.75) is 51.4 Å². The number of hydrogen-bond donors (Lipinski definition) is 1. The van der Waals surface area contributed by atoms with Gasteiger partial charge in [0.05, 0.1) is 24.9 Å². The molecule has 1 aliphatic rings. The maximum atomic E-state index is 5.88. The Morgan fingerprint density at radius 2 is 1.82 bits per heavy atom. The van der Waals surface area contributed by atoms with Crippen LogP contribution in [0.1, 0.15) is 33.1 Å². The first-order chi connectivity index (χ1) is 8.22. The molecule has 102 valence electrons. The molecule has 0 aromatic carbocycles. The minimum absolute atomic E-state index is 0.337. The predicted octanol–water partition coefficient (Wildman–Crippen LogP) is 1.59. The third kappa shape index (κ3) is 6.99. The van der Waals surface area contributed by atoms with E-state index >= 15 is 0 Å². The zero-order valence-corrected chi connectivity index (χ0v) is 11.4. The molecule has 0 aromatic rings. The quantitative estimate of drug-likeness (QED) is 0.659. The van der Waals surface area contributed by atoms with E-state index in [4.69, 9.17) is 14.2 Å². The average Bonchev–Trinajstić information content (AvgIpc) is 2.26. The summed E-state index contributed by atoms with van der Waals surface area (Å²) in [5.41, 5.74) is 0. The topological polar surface area (TPSA) is 39.7 Å². The molecule has 2 unspecified atom stereocenters. The van der Waals surface area contributed by atoms with Crippen LogP contribution in [0.4, 0.5) is 0 Å². The Kier molecular flexibility index (Phi) is 7.77. The third-order valence-electron chi connectivity index (χ3n) is 2.99. The van der Waals surface area contributed by atoms with Crippen molar-refractivity contribution in [1.29, 1.82) is 0 Å². The van der Waals surface area contributed by atoms with Crippen LogP contribution in [0.2, 0.25) is 0 Å². The van der Waals surface area contributed by atoms with Crippen LogP contribution in [0.25, 0.3) is 0 Å². The van der Waals surface area contributed by atoms with Crippen LogP contribution in [0.3, 0.4) is 0 Å². The molecule has 0 aromatic heterocycles. The van der Waals surface area contributed by atoms with E-state index in [1.54, 1.807) is 7.11 Å². The van der Waals surface area contributed by atoms with Gasteiger partial charge < -0.3 is 19.5 Å². The first-order valence-corrected chi connectivity index (χ1v) is 6.69. The van der Waals surface area contributed by atoms with Gasteiger partial charge in [0.15, 0.2) is 0 Å². The lowest BCUT2D eigenvalue weighted by Gasteiger charge is -2.32. The standard InChI is InChI=1S/C13H27NO3/c1-11-9-13(10-12(2)17-11)16-7-4-5-14-6-8-15-3/h11-14H,4-10H2,1-3H3. The van der Waals surface area contributed by atoms with Gasteiger partial charge in [0.25, 0.3) is 0 Å². The molecule has 4 nitrogen and oxygen atoms in total. The van der Waals surface area contributed by atoms with E-state index in [2.05, 4.69) is 19.2 Å². The molecule has 1 N–H and O–H groups in total. The molecule has 0 amide bonds. The molecule has 2 atom stereocenters. The van der Waals surface area contributed by atoms with Gasteiger partial charge in [-0.25, -0.2) is 0 Å². The highest BCUT2D eigenvalue weighted by Crippen LogP contribution is 2.21. The molecule has 1 fully saturated rings. The van der Waals surface area contributed by atoms with Crippen molar-refractivity contribution in [3.05, 3.63) is 0 Å². The van der Waals surface area contributed by atoms with Gasteiger partial charge >= 0.3 is 0 Å². The van der Waals surface area contributed by atoms with E-state index in [9.17, 15) is 0 Å². The average molecular weight is 245 g/mol. The fourth-order valence-electron chi connectivity index (χ4n) is 2.23. The van der Waals surface area contributed by atoms with Crippen molar-refractivity contribution in [2.24, 2.45) is 0 Å². The van der Waals surface area contributed by atoms with E-state index in [1.165, 1.54) is 0 Å². The molecule has 0 saturated carbocycles. The molecule has 1 aliphatic heterocycles.